The van der Waals surface area contributed by atoms with Gasteiger partial charge in [0.15, 0.2) is 0 Å². The Hall–Kier alpha value is -2.04. The second kappa shape index (κ2) is 9.60. The molecule has 0 saturated carbocycles. The molecule has 1 aliphatic rings. The van der Waals surface area contributed by atoms with Crippen molar-refractivity contribution in [2.24, 2.45) is 5.92 Å². The molecule has 5 heteroatoms. The first-order valence-electron chi connectivity index (χ1n) is 9.83. The molecule has 1 aromatic rings. The van der Waals surface area contributed by atoms with Crippen LogP contribution in [-0.2, 0) is 9.59 Å². The molecule has 144 valence electrons. The fourth-order valence-corrected chi connectivity index (χ4v) is 3.24. The van der Waals surface area contributed by atoms with Crippen molar-refractivity contribution in [3.63, 3.8) is 0 Å². The van der Waals surface area contributed by atoms with Gasteiger partial charge in [-0.3, -0.25) is 9.59 Å². The maximum Gasteiger partial charge on any atom is 0.223 e. The molecule has 2 amide bonds. The Labute approximate surface area is 157 Å². The summed E-state index contributed by atoms with van der Waals surface area (Å²) in [5.41, 5.74) is 2.06. The predicted octanol–water partition coefficient (Wildman–Crippen LogP) is 3.58. The first kappa shape index (κ1) is 20.3. The van der Waals surface area contributed by atoms with E-state index in [0.717, 1.165) is 31.1 Å². The van der Waals surface area contributed by atoms with E-state index < -0.39 is 0 Å². The first-order chi connectivity index (χ1) is 12.4. The van der Waals surface area contributed by atoms with E-state index in [-0.39, 0.29) is 17.9 Å². The molecule has 1 atom stereocenters. The number of nitrogens with zero attached hydrogens (tertiary/aromatic N) is 2. The molecule has 0 aliphatic carbocycles. The number of nitrogens with one attached hydrogen (secondary N) is 1. The minimum atomic E-state index is -0.0408. The van der Waals surface area contributed by atoms with Gasteiger partial charge in [0.1, 0.15) is 0 Å². The summed E-state index contributed by atoms with van der Waals surface area (Å²) in [6, 6.07) is 8.31. The fourth-order valence-electron chi connectivity index (χ4n) is 3.24. The van der Waals surface area contributed by atoms with Crippen molar-refractivity contribution < 1.29 is 9.59 Å². The summed E-state index contributed by atoms with van der Waals surface area (Å²) in [6.07, 6.45) is 3.67. The summed E-state index contributed by atoms with van der Waals surface area (Å²) in [5, 5.41) is 2.95. The number of amides is 2. The third kappa shape index (κ3) is 5.75. The molecule has 0 bridgehead atoms. The van der Waals surface area contributed by atoms with Gasteiger partial charge < -0.3 is 15.1 Å². The third-order valence-corrected chi connectivity index (χ3v) is 5.27. The van der Waals surface area contributed by atoms with Crippen LogP contribution >= 0.6 is 0 Å². The van der Waals surface area contributed by atoms with Crippen LogP contribution in [0.25, 0.3) is 0 Å². The van der Waals surface area contributed by atoms with Crippen LogP contribution in [0, 0.1) is 5.92 Å². The van der Waals surface area contributed by atoms with E-state index in [0.29, 0.717) is 13.0 Å². The first-order valence-corrected chi connectivity index (χ1v) is 9.83. The zero-order valence-electron chi connectivity index (χ0n) is 16.6. The van der Waals surface area contributed by atoms with E-state index in [4.69, 9.17) is 0 Å². The Bertz CT molecular complexity index is 592. The third-order valence-electron chi connectivity index (χ3n) is 5.27. The number of carbonyl (C=O) groups excluding carboxylic acids is 2. The van der Waals surface area contributed by atoms with E-state index in [2.05, 4.69) is 29.3 Å². The molecule has 0 spiro atoms. The summed E-state index contributed by atoms with van der Waals surface area (Å²) in [6.45, 7) is 10.5. The summed E-state index contributed by atoms with van der Waals surface area (Å²) >= 11 is 0. The zero-order valence-corrected chi connectivity index (χ0v) is 16.6. The minimum absolute atomic E-state index is 0.00958. The molecule has 0 radical (unpaired) electrons. The Morgan fingerprint density at radius 1 is 1.23 bits per heavy atom. The molecule has 1 aromatic carbocycles. The fraction of sp³-hybridized carbons (Fsp3) is 0.619. The number of rotatable bonds is 7. The Morgan fingerprint density at radius 2 is 1.85 bits per heavy atom. The topological polar surface area (TPSA) is 52.7 Å². The van der Waals surface area contributed by atoms with Gasteiger partial charge >= 0.3 is 0 Å². The van der Waals surface area contributed by atoms with Crippen LogP contribution in [0.3, 0.4) is 0 Å². The van der Waals surface area contributed by atoms with Gasteiger partial charge in [0.2, 0.25) is 11.8 Å². The van der Waals surface area contributed by atoms with E-state index in [1.807, 2.05) is 26.0 Å². The van der Waals surface area contributed by atoms with Crippen LogP contribution in [0.2, 0.25) is 0 Å². The standard InChI is InChI=1S/C21H33N3O2/c1-5-17(3)22-21(26)12-15-24(18(4)25)20-8-6-19(7-9-20)23-13-10-16(2)11-14-23/h6-9,16-17H,5,10-15H2,1-4H3,(H,22,26). The molecule has 1 aliphatic heterocycles. The Kier molecular flexibility index (Phi) is 7.49. The van der Waals surface area contributed by atoms with Gasteiger partial charge in [-0.15, -0.1) is 0 Å². The van der Waals surface area contributed by atoms with Crippen molar-refractivity contribution in [3.8, 4) is 0 Å². The van der Waals surface area contributed by atoms with Gasteiger partial charge in [-0.2, -0.15) is 0 Å². The van der Waals surface area contributed by atoms with Gasteiger partial charge in [-0.05, 0) is 56.4 Å². The largest absolute Gasteiger partial charge is 0.372 e. The number of hydrogen-bond acceptors (Lipinski definition) is 3. The van der Waals surface area contributed by atoms with Gasteiger partial charge in [-0.25, -0.2) is 0 Å². The second-order valence-electron chi connectivity index (χ2n) is 7.48. The molecule has 2 rings (SSSR count). The van der Waals surface area contributed by atoms with Crippen LogP contribution in [0.5, 0.6) is 0 Å². The van der Waals surface area contributed by atoms with Crippen molar-refractivity contribution in [1.82, 2.24) is 5.32 Å². The average Bonchev–Trinajstić information content (AvgIpc) is 2.62. The monoisotopic (exact) mass is 359 g/mol. The lowest BCUT2D eigenvalue weighted by atomic mass is 9.99. The number of benzene rings is 1. The smallest absolute Gasteiger partial charge is 0.223 e. The number of piperidine rings is 1. The molecule has 1 unspecified atom stereocenters. The van der Waals surface area contributed by atoms with E-state index >= 15 is 0 Å². The number of carbonyl (C=O) groups is 2. The lowest BCUT2D eigenvalue weighted by Gasteiger charge is -2.32. The summed E-state index contributed by atoms with van der Waals surface area (Å²) < 4.78 is 0. The Morgan fingerprint density at radius 3 is 2.38 bits per heavy atom. The van der Waals surface area contributed by atoms with Gasteiger partial charge in [0.05, 0.1) is 0 Å². The lowest BCUT2D eigenvalue weighted by molar-refractivity contribution is -0.121. The second-order valence-corrected chi connectivity index (χ2v) is 7.48. The van der Waals surface area contributed by atoms with E-state index in [1.165, 1.54) is 18.5 Å². The molecule has 0 aromatic heterocycles. The molecular formula is C21H33N3O2. The van der Waals surface area contributed by atoms with Crippen molar-refractivity contribution >= 4 is 23.2 Å². The highest BCUT2D eigenvalue weighted by Crippen LogP contribution is 2.25. The minimum Gasteiger partial charge on any atom is -0.372 e. The number of anilines is 2. The van der Waals surface area contributed by atoms with Gasteiger partial charge in [-0.1, -0.05) is 13.8 Å². The van der Waals surface area contributed by atoms with Crippen LogP contribution in [0.15, 0.2) is 24.3 Å². The quantitative estimate of drug-likeness (QED) is 0.809. The van der Waals surface area contributed by atoms with Crippen LogP contribution in [0.4, 0.5) is 11.4 Å². The van der Waals surface area contributed by atoms with Crippen LogP contribution in [-0.4, -0.2) is 37.5 Å². The SMILES string of the molecule is CCC(C)NC(=O)CCN(C(C)=O)c1ccc(N2CCC(C)CC2)cc1. The normalized spacial score (nSPS) is 16.2. The molecule has 1 fully saturated rings. The summed E-state index contributed by atoms with van der Waals surface area (Å²) in [4.78, 5) is 28.1. The highest BCUT2D eigenvalue weighted by atomic mass is 16.2. The highest BCUT2D eigenvalue weighted by molar-refractivity contribution is 5.92. The summed E-state index contributed by atoms with van der Waals surface area (Å²) in [7, 11) is 0. The molecule has 1 heterocycles. The molecule has 1 N–H and O–H groups in total. The van der Waals surface area contributed by atoms with E-state index in [1.54, 1.807) is 11.8 Å². The molecule has 26 heavy (non-hydrogen) atoms. The lowest BCUT2D eigenvalue weighted by Crippen LogP contribution is -2.37. The molecule has 5 nitrogen and oxygen atoms in total. The molecule has 1 saturated heterocycles. The number of hydrogen-bond donors (Lipinski definition) is 1. The summed E-state index contributed by atoms with van der Waals surface area (Å²) in [5.74, 6) is 0.755. The molecular weight excluding hydrogens is 326 g/mol. The van der Waals surface area contributed by atoms with Crippen molar-refractivity contribution in [2.45, 2.75) is 59.4 Å². The highest BCUT2D eigenvalue weighted by Gasteiger charge is 2.18. The maximum absolute atomic E-state index is 12.0. The van der Waals surface area contributed by atoms with Crippen LogP contribution in [0.1, 0.15) is 53.4 Å². The van der Waals surface area contributed by atoms with Gasteiger partial charge in [0.25, 0.3) is 0 Å². The van der Waals surface area contributed by atoms with Gasteiger partial charge in [0, 0.05) is 50.4 Å². The van der Waals surface area contributed by atoms with Crippen LogP contribution < -0.4 is 15.1 Å². The van der Waals surface area contributed by atoms with Crippen molar-refractivity contribution in [3.05, 3.63) is 24.3 Å². The van der Waals surface area contributed by atoms with Crippen molar-refractivity contribution in [1.29, 1.82) is 0 Å². The Balaban J connectivity index is 1.96. The average molecular weight is 360 g/mol. The van der Waals surface area contributed by atoms with Crippen molar-refractivity contribution in [2.75, 3.05) is 29.4 Å². The maximum atomic E-state index is 12.0. The zero-order chi connectivity index (χ0) is 19.1. The predicted molar refractivity (Wildman–Crippen MR) is 108 cm³/mol. The van der Waals surface area contributed by atoms with E-state index in [9.17, 15) is 9.59 Å².